The van der Waals surface area contributed by atoms with Crippen LogP contribution < -0.4 is 4.18 Å². The molecule has 1 rings (SSSR count). The third kappa shape index (κ3) is 1.90. The van der Waals surface area contributed by atoms with Gasteiger partial charge in [0.05, 0.1) is 0 Å². The van der Waals surface area contributed by atoms with Crippen LogP contribution in [0.4, 0.5) is 0 Å². The lowest BCUT2D eigenvalue weighted by Gasteiger charge is -2.08. The maximum Gasteiger partial charge on any atom is 0.140 e. The molecule has 0 amide bonds. The fourth-order valence-corrected chi connectivity index (χ4v) is 1.21. The van der Waals surface area contributed by atoms with E-state index in [2.05, 4.69) is 32.8 Å². The molecule has 0 radical (unpaired) electrons. The fourth-order valence-electron chi connectivity index (χ4n) is 1.04. The number of hydrogen-bond acceptors (Lipinski definition) is 2. The summed E-state index contributed by atoms with van der Waals surface area (Å²) in [5, 5.41) is 0. The first-order valence-electron chi connectivity index (χ1n) is 3.66. The van der Waals surface area contributed by atoms with E-state index in [0.717, 1.165) is 5.75 Å². The van der Waals surface area contributed by atoms with Crippen LogP contribution in [-0.2, 0) is 0 Å². The van der Waals surface area contributed by atoms with Crippen LogP contribution in [0.5, 0.6) is 5.75 Å². The SMILES string of the molecule is CC(C)c1ccccc1OS. The van der Waals surface area contributed by atoms with Crippen molar-refractivity contribution in [2.24, 2.45) is 0 Å². The van der Waals surface area contributed by atoms with E-state index in [1.54, 1.807) is 0 Å². The first-order valence-corrected chi connectivity index (χ1v) is 4.02. The average Bonchev–Trinajstić information content (AvgIpc) is 2.04. The predicted molar refractivity (Wildman–Crippen MR) is 50.1 cm³/mol. The van der Waals surface area contributed by atoms with Crippen LogP contribution in [0.15, 0.2) is 24.3 Å². The van der Waals surface area contributed by atoms with Gasteiger partial charge in [0, 0.05) is 12.9 Å². The lowest BCUT2D eigenvalue weighted by Crippen LogP contribution is -1.89. The van der Waals surface area contributed by atoms with E-state index in [1.807, 2.05) is 18.2 Å². The minimum absolute atomic E-state index is 0.485. The Hall–Kier alpha value is -0.630. The van der Waals surface area contributed by atoms with Crippen LogP contribution in [0.2, 0.25) is 0 Å². The summed E-state index contributed by atoms with van der Waals surface area (Å²) in [6.45, 7) is 4.26. The molecule has 0 heterocycles. The van der Waals surface area contributed by atoms with Gasteiger partial charge in [0.1, 0.15) is 5.75 Å². The predicted octanol–water partition coefficient (Wildman–Crippen LogP) is 3.03. The Morgan fingerprint density at radius 1 is 1.27 bits per heavy atom. The van der Waals surface area contributed by atoms with E-state index in [9.17, 15) is 0 Å². The highest BCUT2D eigenvalue weighted by Gasteiger charge is 2.04. The number of rotatable bonds is 2. The molecule has 0 fully saturated rings. The quantitative estimate of drug-likeness (QED) is 0.527. The Kier molecular flexibility index (Phi) is 2.83. The number of para-hydroxylation sites is 1. The Balaban J connectivity index is 3.02. The molecule has 0 aromatic heterocycles. The Labute approximate surface area is 73.0 Å². The van der Waals surface area contributed by atoms with E-state index in [-0.39, 0.29) is 0 Å². The van der Waals surface area contributed by atoms with Gasteiger partial charge in [0.25, 0.3) is 0 Å². The number of thiol groups is 1. The van der Waals surface area contributed by atoms with E-state index in [1.165, 1.54) is 5.56 Å². The van der Waals surface area contributed by atoms with Gasteiger partial charge >= 0.3 is 0 Å². The standard InChI is InChI=1S/C9H12OS/c1-7(2)8-5-3-4-6-9(8)10-11/h3-7,11H,1-2H3. The Bertz CT molecular complexity index is 233. The molecule has 1 aromatic rings. The minimum atomic E-state index is 0.485. The van der Waals surface area contributed by atoms with E-state index in [4.69, 9.17) is 4.18 Å². The summed E-state index contributed by atoms with van der Waals surface area (Å²) in [6, 6.07) is 7.92. The molecular formula is C9H12OS. The van der Waals surface area contributed by atoms with Gasteiger partial charge in [-0.3, -0.25) is 0 Å². The maximum atomic E-state index is 4.90. The van der Waals surface area contributed by atoms with Gasteiger partial charge in [-0.05, 0) is 17.5 Å². The smallest absolute Gasteiger partial charge is 0.140 e. The summed E-state index contributed by atoms with van der Waals surface area (Å²) in [5.41, 5.74) is 1.20. The summed E-state index contributed by atoms with van der Waals surface area (Å²) in [5.74, 6) is 1.34. The molecule has 0 bridgehead atoms. The second-order valence-corrected chi connectivity index (χ2v) is 2.97. The van der Waals surface area contributed by atoms with Crippen LogP contribution in [0, 0.1) is 0 Å². The average molecular weight is 168 g/mol. The Morgan fingerprint density at radius 2 is 1.91 bits per heavy atom. The van der Waals surface area contributed by atoms with Gasteiger partial charge in [-0.25, -0.2) is 0 Å². The Morgan fingerprint density at radius 3 is 2.36 bits per heavy atom. The molecule has 11 heavy (non-hydrogen) atoms. The largest absolute Gasteiger partial charge is 0.429 e. The molecular weight excluding hydrogens is 156 g/mol. The monoisotopic (exact) mass is 168 g/mol. The molecule has 0 atom stereocenters. The van der Waals surface area contributed by atoms with Crippen LogP contribution >= 0.6 is 12.9 Å². The van der Waals surface area contributed by atoms with Crippen molar-refractivity contribution in [3.63, 3.8) is 0 Å². The summed E-state index contributed by atoms with van der Waals surface area (Å²) in [7, 11) is 0. The van der Waals surface area contributed by atoms with Crippen molar-refractivity contribution in [1.82, 2.24) is 0 Å². The highest BCUT2D eigenvalue weighted by Crippen LogP contribution is 2.26. The molecule has 0 aliphatic carbocycles. The molecule has 0 saturated heterocycles. The van der Waals surface area contributed by atoms with Crippen molar-refractivity contribution >= 4 is 12.9 Å². The van der Waals surface area contributed by atoms with Gasteiger partial charge in [-0.15, -0.1) is 0 Å². The number of benzene rings is 1. The van der Waals surface area contributed by atoms with Crippen molar-refractivity contribution in [3.8, 4) is 5.75 Å². The number of hydrogen-bond donors (Lipinski definition) is 1. The molecule has 0 spiro atoms. The fraction of sp³-hybridized carbons (Fsp3) is 0.333. The minimum Gasteiger partial charge on any atom is -0.429 e. The van der Waals surface area contributed by atoms with Gasteiger partial charge in [-0.2, -0.15) is 0 Å². The van der Waals surface area contributed by atoms with Crippen LogP contribution in [-0.4, -0.2) is 0 Å². The molecule has 0 aliphatic rings. The molecule has 60 valence electrons. The first kappa shape index (κ1) is 8.47. The molecule has 1 nitrogen and oxygen atoms in total. The first-order chi connectivity index (χ1) is 5.25. The zero-order chi connectivity index (χ0) is 8.27. The molecule has 0 saturated carbocycles. The van der Waals surface area contributed by atoms with Crippen molar-refractivity contribution in [1.29, 1.82) is 0 Å². The van der Waals surface area contributed by atoms with Gasteiger partial charge in [-0.1, -0.05) is 32.0 Å². The lowest BCUT2D eigenvalue weighted by atomic mass is 10.0. The third-order valence-corrected chi connectivity index (χ3v) is 1.84. The zero-order valence-corrected chi connectivity index (χ0v) is 7.64. The topological polar surface area (TPSA) is 9.23 Å². The normalized spacial score (nSPS) is 10.2. The van der Waals surface area contributed by atoms with Crippen LogP contribution in [0.25, 0.3) is 0 Å². The van der Waals surface area contributed by atoms with Crippen molar-refractivity contribution in [2.45, 2.75) is 19.8 Å². The molecule has 0 aliphatic heterocycles. The van der Waals surface area contributed by atoms with E-state index < -0.39 is 0 Å². The lowest BCUT2D eigenvalue weighted by molar-refractivity contribution is 0.635. The van der Waals surface area contributed by atoms with Crippen molar-refractivity contribution in [3.05, 3.63) is 29.8 Å². The van der Waals surface area contributed by atoms with Gasteiger partial charge in [0.2, 0.25) is 0 Å². The van der Waals surface area contributed by atoms with Gasteiger partial charge < -0.3 is 4.18 Å². The highest BCUT2D eigenvalue weighted by molar-refractivity contribution is 7.75. The second kappa shape index (κ2) is 3.67. The molecule has 0 unspecified atom stereocenters. The summed E-state index contributed by atoms with van der Waals surface area (Å²) in [4.78, 5) is 0. The maximum absolute atomic E-state index is 4.90. The third-order valence-electron chi connectivity index (χ3n) is 1.64. The summed E-state index contributed by atoms with van der Waals surface area (Å²) in [6.07, 6.45) is 0. The van der Waals surface area contributed by atoms with Crippen LogP contribution in [0.1, 0.15) is 25.3 Å². The molecule has 0 N–H and O–H groups in total. The van der Waals surface area contributed by atoms with Crippen molar-refractivity contribution in [2.75, 3.05) is 0 Å². The van der Waals surface area contributed by atoms with E-state index >= 15 is 0 Å². The second-order valence-electron chi connectivity index (χ2n) is 2.78. The summed E-state index contributed by atoms with van der Waals surface area (Å²) >= 11 is 3.77. The molecule has 1 aromatic carbocycles. The van der Waals surface area contributed by atoms with Crippen molar-refractivity contribution < 1.29 is 4.18 Å². The van der Waals surface area contributed by atoms with Crippen LogP contribution in [0.3, 0.4) is 0 Å². The highest BCUT2D eigenvalue weighted by atomic mass is 32.1. The van der Waals surface area contributed by atoms with E-state index in [0.29, 0.717) is 5.92 Å². The molecule has 2 heteroatoms. The van der Waals surface area contributed by atoms with Gasteiger partial charge in [0.15, 0.2) is 0 Å². The summed E-state index contributed by atoms with van der Waals surface area (Å²) < 4.78 is 4.90. The zero-order valence-electron chi connectivity index (χ0n) is 6.74.